The molecule has 0 unspecified atom stereocenters. The smallest absolute Gasteiger partial charge is 0.347 e. The van der Waals surface area contributed by atoms with E-state index in [2.05, 4.69) is 4.74 Å². The minimum atomic E-state index is -0.752. The predicted octanol–water partition coefficient (Wildman–Crippen LogP) is 0.0311. The zero-order valence-electron chi connectivity index (χ0n) is 6.07. The van der Waals surface area contributed by atoms with Gasteiger partial charge in [0.2, 0.25) is 6.10 Å². The molecule has 0 radical (unpaired) electrons. The highest BCUT2D eigenvalue weighted by Crippen LogP contribution is 2.08. The van der Waals surface area contributed by atoms with Crippen LogP contribution in [0.25, 0.3) is 0 Å². The first-order chi connectivity index (χ1) is 5.24. The van der Waals surface area contributed by atoms with E-state index in [9.17, 15) is 9.59 Å². The SMILES string of the molecule is COC(=O)[C@@H]1CC(=O)C=CO1. The summed E-state index contributed by atoms with van der Waals surface area (Å²) in [4.78, 5) is 21.5. The predicted molar refractivity (Wildman–Crippen MR) is 35.7 cm³/mol. The second kappa shape index (κ2) is 3.18. The lowest BCUT2D eigenvalue weighted by Gasteiger charge is -2.15. The van der Waals surface area contributed by atoms with Crippen molar-refractivity contribution in [3.8, 4) is 0 Å². The molecule has 0 bridgehead atoms. The topological polar surface area (TPSA) is 52.6 Å². The monoisotopic (exact) mass is 156 g/mol. The molecule has 0 aliphatic carbocycles. The van der Waals surface area contributed by atoms with E-state index in [0.29, 0.717) is 0 Å². The Morgan fingerprint density at radius 3 is 3.09 bits per heavy atom. The Morgan fingerprint density at radius 1 is 1.82 bits per heavy atom. The van der Waals surface area contributed by atoms with E-state index in [0.717, 1.165) is 0 Å². The number of hydrogen-bond donors (Lipinski definition) is 0. The Labute approximate surface area is 63.8 Å². The van der Waals surface area contributed by atoms with Gasteiger partial charge < -0.3 is 9.47 Å². The maximum Gasteiger partial charge on any atom is 0.347 e. The van der Waals surface area contributed by atoms with Crippen LogP contribution in [-0.2, 0) is 19.1 Å². The molecule has 60 valence electrons. The number of ketones is 1. The zero-order valence-corrected chi connectivity index (χ0v) is 6.07. The summed E-state index contributed by atoms with van der Waals surface area (Å²) in [5.41, 5.74) is 0. The van der Waals surface area contributed by atoms with Gasteiger partial charge in [-0.15, -0.1) is 0 Å². The molecule has 4 heteroatoms. The molecule has 0 fully saturated rings. The fourth-order valence-corrected chi connectivity index (χ4v) is 0.779. The first kappa shape index (κ1) is 7.78. The van der Waals surface area contributed by atoms with Gasteiger partial charge in [0.15, 0.2) is 5.78 Å². The number of carbonyl (C=O) groups is 2. The molecule has 1 rings (SSSR count). The third-order valence-corrected chi connectivity index (χ3v) is 1.35. The van der Waals surface area contributed by atoms with E-state index in [4.69, 9.17) is 4.74 Å². The molecule has 0 aromatic carbocycles. The second-order valence-electron chi connectivity index (χ2n) is 2.12. The van der Waals surface area contributed by atoms with Crippen molar-refractivity contribution in [2.24, 2.45) is 0 Å². The van der Waals surface area contributed by atoms with Crippen LogP contribution < -0.4 is 0 Å². The van der Waals surface area contributed by atoms with Gasteiger partial charge in [0.05, 0.1) is 19.8 Å². The number of carbonyl (C=O) groups excluding carboxylic acids is 2. The van der Waals surface area contributed by atoms with Crippen LogP contribution in [0.15, 0.2) is 12.3 Å². The van der Waals surface area contributed by atoms with Crippen LogP contribution in [0.5, 0.6) is 0 Å². The lowest BCUT2D eigenvalue weighted by atomic mass is 10.1. The van der Waals surface area contributed by atoms with Gasteiger partial charge in [-0.05, 0) is 0 Å². The van der Waals surface area contributed by atoms with Crippen molar-refractivity contribution in [1.82, 2.24) is 0 Å². The lowest BCUT2D eigenvalue weighted by molar-refractivity contribution is -0.153. The summed E-state index contributed by atoms with van der Waals surface area (Å²) >= 11 is 0. The van der Waals surface area contributed by atoms with Crippen LogP contribution in [0.4, 0.5) is 0 Å². The Kier molecular flexibility index (Phi) is 2.25. The van der Waals surface area contributed by atoms with E-state index in [-0.39, 0.29) is 12.2 Å². The zero-order chi connectivity index (χ0) is 8.27. The highest BCUT2D eigenvalue weighted by atomic mass is 16.6. The van der Waals surface area contributed by atoms with Gasteiger partial charge in [0.1, 0.15) is 0 Å². The number of rotatable bonds is 1. The number of methoxy groups -OCH3 is 1. The first-order valence-electron chi connectivity index (χ1n) is 3.16. The minimum Gasteiger partial charge on any atom is -0.486 e. The summed E-state index contributed by atoms with van der Waals surface area (Å²) in [5.74, 6) is -0.630. The largest absolute Gasteiger partial charge is 0.486 e. The number of hydrogen-bond acceptors (Lipinski definition) is 4. The van der Waals surface area contributed by atoms with Crippen molar-refractivity contribution in [2.75, 3.05) is 7.11 Å². The van der Waals surface area contributed by atoms with Gasteiger partial charge in [0.25, 0.3) is 0 Å². The minimum absolute atomic E-state index is 0.0726. The van der Waals surface area contributed by atoms with Crippen molar-refractivity contribution < 1.29 is 19.1 Å². The van der Waals surface area contributed by atoms with Gasteiger partial charge in [-0.1, -0.05) is 0 Å². The van der Waals surface area contributed by atoms with E-state index in [1.165, 1.54) is 19.4 Å². The van der Waals surface area contributed by atoms with Crippen molar-refractivity contribution in [3.05, 3.63) is 12.3 Å². The maximum absolute atomic E-state index is 10.8. The Bertz CT molecular complexity index is 206. The van der Waals surface area contributed by atoms with Gasteiger partial charge in [-0.3, -0.25) is 4.79 Å². The average Bonchev–Trinajstić information content (AvgIpc) is 2.03. The molecule has 0 aromatic heterocycles. The van der Waals surface area contributed by atoms with Crippen LogP contribution in [0.3, 0.4) is 0 Å². The number of esters is 1. The van der Waals surface area contributed by atoms with E-state index < -0.39 is 12.1 Å². The number of ether oxygens (including phenoxy) is 2. The molecule has 0 saturated carbocycles. The van der Waals surface area contributed by atoms with Crippen LogP contribution in [-0.4, -0.2) is 25.0 Å². The summed E-state index contributed by atoms with van der Waals surface area (Å²) in [7, 11) is 1.26. The average molecular weight is 156 g/mol. The molecule has 0 N–H and O–H groups in total. The molecule has 0 saturated heterocycles. The fourth-order valence-electron chi connectivity index (χ4n) is 0.779. The van der Waals surface area contributed by atoms with Crippen LogP contribution in [0.2, 0.25) is 0 Å². The summed E-state index contributed by atoms with van der Waals surface area (Å²) < 4.78 is 9.21. The summed E-state index contributed by atoms with van der Waals surface area (Å²) in [6.07, 6.45) is 1.83. The van der Waals surface area contributed by atoms with Crippen molar-refractivity contribution in [1.29, 1.82) is 0 Å². The van der Waals surface area contributed by atoms with Gasteiger partial charge in [-0.25, -0.2) is 4.79 Å². The van der Waals surface area contributed by atoms with Crippen molar-refractivity contribution >= 4 is 11.8 Å². The van der Waals surface area contributed by atoms with Gasteiger partial charge in [0, 0.05) is 6.08 Å². The normalized spacial score (nSPS) is 22.6. The quantitative estimate of drug-likeness (QED) is 0.502. The summed E-state index contributed by atoms with van der Waals surface area (Å²) in [5, 5.41) is 0. The Hall–Kier alpha value is -1.32. The molecule has 1 aliphatic rings. The summed E-state index contributed by atoms with van der Waals surface area (Å²) in [6.45, 7) is 0. The van der Waals surface area contributed by atoms with Crippen LogP contribution in [0, 0.1) is 0 Å². The van der Waals surface area contributed by atoms with Crippen LogP contribution >= 0.6 is 0 Å². The third-order valence-electron chi connectivity index (χ3n) is 1.35. The van der Waals surface area contributed by atoms with E-state index >= 15 is 0 Å². The van der Waals surface area contributed by atoms with Gasteiger partial charge in [-0.2, -0.15) is 0 Å². The molecule has 11 heavy (non-hydrogen) atoms. The first-order valence-corrected chi connectivity index (χ1v) is 3.16. The molecule has 0 spiro atoms. The number of allylic oxidation sites excluding steroid dienone is 1. The molecule has 0 amide bonds. The van der Waals surface area contributed by atoms with Gasteiger partial charge >= 0.3 is 5.97 Å². The van der Waals surface area contributed by atoms with E-state index in [1.807, 2.05) is 0 Å². The van der Waals surface area contributed by atoms with Crippen molar-refractivity contribution in [2.45, 2.75) is 12.5 Å². The highest BCUT2D eigenvalue weighted by Gasteiger charge is 2.24. The molecule has 1 aliphatic heterocycles. The molecular weight excluding hydrogens is 148 g/mol. The molecule has 0 aromatic rings. The highest BCUT2D eigenvalue weighted by molar-refractivity contribution is 5.94. The second-order valence-corrected chi connectivity index (χ2v) is 2.12. The molecule has 1 heterocycles. The maximum atomic E-state index is 10.8. The Balaban J connectivity index is 2.56. The molecular formula is C7H8O4. The Morgan fingerprint density at radius 2 is 2.55 bits per heavy atom. The summed E-state index contributed by atoms with van der Waals surface area (Å²) in [6, 6.07) is 0. The molecule has 4 nitrogen and oxygen atoms in total. The fraction of sp³-hybridized carbons (Fsp3) is 0.429. The molecule has 1 atom stereocenters. The lowest BCUT2D eigenvalue weighted by Crippen LogP contribution is -2.28. The van der Waals surface area contributed by atoms with Crippen LogP contribution in [0.1, 0.15) is 6.42 Å². The van der Waals surface area contributed by atoms with Crippen molar-refractivity contribution in [3.63, 3.8) is 0 Å². The van der Waals surface area contributed by atoms with E-state index in [1.54, 1.807) is 0 Å². The third kappa shape index (κ3) is 1.80. The standard InChI is InChI=1S/C7H8O4/c1-10-7(9)6-4-5(8)2-3-11-6/h2-3,6H,4H2,1H3/t6-/m0/s1.